The van der Waals surface area contributed by atoms with Crippen molar-refractivity contribution in [1.29, 1.82) is 0 Å². The van der Waals surface area contributed by atoms with Crippen molar-refractivity contribution in [3.63, 3.8) is 0 Å². The van der Waals surface area contributed by atoms with Gasteiger partial charge in [-0.3, -0.25) is 4.79 Å². The second-order valence-electron chi connectivity index (χ2n) is 4.30. The lowest BCUT2D eigenvalue weighted by atomic mass is 10.0. The molecule has 2 aromatic rings. The van der Waals surface area contributed by atoms with Crippen LogP contribution >= 0.6 is 0 Å². The summed E-state index contributed by atoms with van der Waals surface area (Å²) < 4.78 is 10.1. The summed E-state index contributed by atoms with van der Waals surface area (Å²) in [4.78, 5) is 20.8. The van der Waals surface area contributed by atoms with Gasteiger partial charge in [0.05, 0.1) is 31.8 Å². The van der Waals surface area contributed by atoms with E-state index in [0.717, 1.165) is 0 Å². The van der Waals surface area contributed by atoms with Gasteiger partial charge in [0, 0.05) is 5.56 Å². The van der Waals surface area contributed by atoms with E-state index in [2.05, 4.69) is 20.2 Å². The van der Waals surface area contributed by atoms with Crippen LogP contribution in [0.4, 0.5) is 0 Å². The van der Waals surface area contributed by atoms with Crippen LogP contribution in [0.3, 0.4) is 0 Å². The molecule has 0 saturated carbocycles. The van der Waals surface area contributed by atoms with Gasteiger partial charge < -0.3 is 9.47 Å². The lowest BCUT2D eigenvalue weighted by Gasteiger charge is -2.09. The molecule has 0 spiro atoms. The van der Waals surface area contributed by atoms with Crippen LogP contribution < -0.4 is 9.47 Å². The van der Waals surface area contributed by atoms with Crippen LogP contribution in [-0.4, -0.2) is 40.2 Å². The monoisotopic (exact) mass is 288 g/mol. The van der Waals surface area contributed by atoms with Crippen LogP contribution in [0.5, 0.6) is 11.8 Å². The molecular weight excluding hydrogens is 272 g/mol. The number of ketones is 1. The standard InChI is InChI=1S/C14H16N4O3/c1-5-10-9(6-8(2)17-18-10)13(19)12-14(21-4)16-11(20-3)7-15-12/h6-7H,5H2,1-4H3. The molecule has 7 nitrogen and oxygen atoms in total. The lowest BCUT2D eigenvalue weighted by molar-refractivity contribution is 0.102. The highest BCUT2D eigenvalue weighted by Gasteiger charge is 2.22. The molecule has 0 saturated heterocycles. The summed E-state index contributed by atoms with van der Waals surface area (Å²) in [6.45, 7) is 3.69. The summed E-state index contributed by atoms with van der Waals surface area (Å²) in [5.41, 5.74) is 1.87. The number of aromatic nitrogens is 4. The number of rotatable bonds is 5. The lowest BCUT2D eigenvalue weighted by Crippen LogP contribution is -2.13. The molecule has 0 N–H and O–H groups in total. The van der Waals surface area contributed by atoms with Gasteiger partial charge in [-0.15, -0.1) is 0 Å². The van der Waals surface area contributed by atoms with E-state index < -0.39 is 0 Å². The van der Waals surface area contributed by atoms with E-state index in [4.69, 9.17) is 9.47 Å². The predicted octanol–water partition coefficient (Wildman–Crippen LogP) is 1.39. The molecule has 2 aromatic heterocycles. The molecule has 0 fully saturated rings. The molecule has 0 amide bonds. The molecular formula is C14H16N4O3. The van der Waals surface area contributed by atoms with Gasteiger partial charge >= 0.3 is 0 Å². The number of carbonyl (C=O) groups excluding carboxylic acids is 1. The molecule has 2 heterocycles. The van der Waals surface area contributed by atoms with Crippen LogP contribution in [0, 0.1) is 6.92 Å². The molecule has 0 radical (unpaired) electrons. The summed E-state index contributed by atoms with van der Waals surface area (Å²) >= 11 is 0. The number of carbonyl (C=O) groups is 1. The molecule has 7 heteroatoms. The predicted molar refractivity (Wildman–Crippen MR) is 74.7 cm³/mol. The highest BCUT2D eigenvalue weighted by atomic mass is 16.5. The molecule has 0 aliphatic rings. The third-order valence-corrected chi connectivity index (χ3v) is 2.91. The van der Waals surface area contributed by atoms with Gasteiger partial charge in [-0.25, -0.2) is 4.98 Å². The van der Waals surface area contributed by atoms with Crippen molar-refractivity contribution in [1.82, 2.24) is 20.2 Å². The third-order valence-electron chi connectivity index (χ3n) is 2.91. The van der Waals surface area contributed by atoms with Crippen molar-refractivity contribution in [2.45, 2.75) is 20.3 Å². The molecule has 21 heavy (non-hydrogen) atoms. The second-order valence-corrected chi connectivity index (χ2v) is 4.30. The number of methoxy groups -OCH3 is 2. The molecule has 0 aliphatic carbocycles. The van der Waals surface area contributed by atoms with Crippen LogP contribution in [0.2, 0.25) is 0 Å². The van der Waals surface area contributed by atoms with E-state index in [-0.39, 0.29) is 23.2 Å². The van der Waals surface area contributed by atoms with Crippen LogP contribution in [0.15, 0.2) is 12.3 Å². The Labute approximate surface area is 122 Å². The summed E-state index contributed by atoms with van der Waals surface area (Å²) in [5, 5.41) is 8.02. The molecule has 0 aromatic carbocycles. The number of hydrogen-bond acceptors (Lipinski definition) is 7. The molecule has 2 rings (SSSR count). The minimum atomic E-state index is -0.295. The minimum absolute atomic E-state index is 0.121. The third kappa shape index (κ3) is 2.96. The van der Waals surface area contributed by atoms with Gasteiger partial charge in [-0.05, 0) is 19.4 Å². The van der Waals surface area contributed by atoms with E-state index in [1.165, 1.54) is 20.4 Å². The fraction of sp³-hybridized carbons (Fsp3) is 0.357. The van der Waals surface area contributed by atoms with E-state index in [1.807, 2.05) is 6.92 Å². The van der Waals surface area contributed by atoms with Gasteiger partial charge in [0.15, 0.2) is 5.69 Å². The quantitative estimate of drug-likeness (QED) is 0.768. The fourth-order valence-corrected chi connectivity index (χ4v) is 1.85. The SMILES string of the molecule is CCc1nnc(C)cc1C(=O)c1ncc(OC)nc1OC. The first-order valence-electron chi connectivity index (χ1n) is 6.43. The molecule has 110 valence electrons. The van der Waals surface area contributed by atoms with Crippen molar-refractivity contribution < 1.29 is 14.3 Å². The Morgan fingerprint density at radius 2 is 2.00 bits per heavy atom. The maximum atomic E-state index is 12.7. The van der Waals surface area contributed by atoms with Gasteiger partial charge in [-0.1, -0.05) is 6.92 Å². The van der Waals surface area contributed by atoms with Gasteiger partial charge in [0.25, 0.3) is 0 Å². The summed E-state index contributed by atoms with van der Waals surface area (Å²) in [7, 11) is 2.90. The zero-order chi connectivity index (χ0) is 15.4. The Morgan fingerprint density at radius 1 is 1.24 bits per heavy atom. The maximum absolute atomic E-state index is 12.7. The Hall–Kier alpha value is -2.57. The van der Waals surface area contributed by atoms with E-state index >= 15 is 0 Å². The first-order valence-corrected chi connectivity index (χ1v) is 6.43. The van der Waals surface area contributed by atoms with Gasteiger partial charge in [0.1, 0.15) is 0 Å². The van der Waals surface area contributed by atoms with Crippen molar-refractivity contribution in [3.8, 4) is 11.8 Å². The summed E-state index contributed by atoms with van der Waals surface area (Å²) in [6.07, 6.45) is 1.98. The average molecular weight is 288 g/mol. The smallest absolute Gasteiger partial charge is 0.247 e. The van der Waals surface area contributed by atoms with Crippen LogP contribution in [-0.2, 0) is 6.42 Å². The highest BCUT2D eigenvalue weighted by molar-refractivity contribution is 6.09. The van der Waals surface area contributed by atoms with Gasteiger partial charge in [0.2, 0.25) is 17.5 Å². The van der Waals surface area contributed by atoms with E-state index in [1.54, 1.807) is 13.0 Å². The molecule has 0 bridgehead atoms. The number of nitrogens with zero attached hydrogens (tertiary/aromatic N) is 4. The van der Waals surface area contributed by atoms with E-state index in [0.29, 0.717) is 23.4 Å². The van der Waals surface area contributed by atoms with Crippen LogP contribution in [0.25, 0.3) is 0 Å². The largest absolute Gasteiger partial charge is 0.480 e. The summed E-state index contributed by atoms with van der Waals surface area (Å²) in [5.74, 6) is 0.107. The number of aryl methyl sites for hydroxylation is 2. The second kappa shape index (κ2) is 6.25. The molecule has 0 aliphatic heterocycles. The molecule has 0 unspecified atom stereocenters. The Bertz CT molecular complexity index is 673. The first kappa shape index (κ1) is 14.8. The van der Waals surface area contributed by atoms with Gasteiger partial charge in [-0.2, -0.15) is 15.2 Å². The van der Waals surface area contributed by atoms with Crippen molar-refractivity contribution in [2.75, 3.05) is 14.2 Å². The minimum Gasteiger partial charge on any atom is -0.480 e. The van der Waals surface area contributed by atoms with Crippen molar-refractivity contribution in [2.24, 2.45) is 0 Å². The van der Waals surface area contributed by atoms with Crippen molar-refractivity contribution in [3.05, 3.63) is 34.9 Å². The first-order chi connectivity index (χ1) is 10.1. The zero-order valence-electron chi connectivity index (χ0n) is 12.4. The highest BCUT2D eigenvalue weighted by Crippen LogP contribution is 2.21. The summed E-state index contributed by atoms with van der Waals surface area (Å²) in [6, 6.07) is 1.69. The van der Waals surface area contributed by atoms with Crippen LogP contribution in [0.1, 0.15) is 34.4 Å². The topological polar surface area (TPSA) is 87.1 Å². The maximum Gasteiger partial charge on any atom is 0.247 e. The van der Waals surface area contributed by atoms with Crippen molar-refractivity contribution >= 4 is 5.78 Å². The number of hydrogen-bond donors (Lipinski definition) is 0. The molecule has 0 atom stereocenters. The average Bonchev–Trinajstić information content (AvgIpc) is 2.53. The zero-order valence-corrected chi connectivity index (χ0v) is 12.4. The fourth-order valence-electron chi connectivity index (χ4n) is 1.85. The Morgan fingerprint density at radius 3 is 2.62 bits per heavy atom. The van der Waals surface area contributed by atoms with E-state index in [9.17, 15) is 4.79 Å². The normalized spacial score (nSPS) is 10.3. The Kier molecular flexibility index (Phi) is 4.42. The Balaban J connectivity index is 2.52. The number of ether oxygens (including phenoxy) is 2.